The zero-order valence-corrected chi connectivity index (χ0v) is 24.5. The lowest BCUT2D eigenvalue weighted by atomic mass is 9.79. The molecule has 2 aromatic rings. The molecule has 230 valence electrons. The van der Waals surface area contributed by atoms with Crippen molar-refractivity contribution >= 4 is 29.4 Å². The molecule has 3 rings (SSSR count). The number of esters is 2. The van der Waals surface area contributed by atoms with E-state index in [0.717, 1.165) is 19.3 Å². The van der Waals surface area contributed by atoms with Crippen LogP contribution >= 0.6 is 0 Å². The van der Waals surface area contributed by atoms with Gasteiger partial charge < -0.3 is 25.7 Å². The first-order chi connectivity index (χ1) is 20.2. The molecule has 0 heterocycles. The monoisotopic (exact) mass is 586 g/mol. The molecule has 0 bridgehead atoms. The van der Waals surface area contributed by atoms with Crippen LogP contribution in [0.4, 0.5) is 20.2 Å². The van der Waals surface area contributed by atoms with E-state index >= 15 is 0 Å². The van der Waals surface area contributed by atoms with Crippen molar-refractivity contribution in [3.05, 3.63) is 59.7 Å². The Kier molecular flexibility index (Phi) is 13.1. The van der Waals surface area contributed by atoms with Crippen LogP contribution in [0.15, 0.2) is 48.5 Å². The Hall–Kier alpha value is -3.62. The van der Waals surface area contributed by atoms with Crippen molar-refractivity contribution in [3.63, 3.8) is 0 Å². The molecular formula is C33H44F2N2O5. The minimum absolute atomic E-state index is 0.0984. The fraction of sp³-hybridized carbons (Fsp3) is 0.515. The molecule has 0 atom stereocenters. The average molecular weight is 587 g/mol. The van der Waals surface area contributed by atoms with Crippen LogP contribution in [0, 0.1) is 11.8 Å². The average Bonchev–Trinajstić information content (AvgIpc) is 2.96. The number of hydrogen-bond acceptors (Lipinski definition) is 7. The number of nitrogen functional groups attached to an aromatic ring is 2. The molecule has 7 nitrogen and oxygen atoms in total. The van der Waals surface area contributed by atoms with E-state index in [0.29, 0.717) is 48.5 Å². The highest BCUT2D eigenvalue weighted by atomic mass is 19.3. The molecular weight excluding hydrogens is 542 g/mol. The van der Waals surface area contributed by atoms with Crippen molar-refractivity contribution in [2.75, 3.05) is 24.7 Å². The van der Waals surface area contributed by atoms with Crippen molar-refractivity contribution in [1.29, 1.82) is 0 Å². The molecule has 0 saturated heterocycles. The lowest BCUT2D eigenvalue weighted by molar-refractivity contribution is -0.223. The van der Waals surface area contributed by atoms with E-state index in [1.807, 2.05) is 0 Å². The third-order valence-corrected chi connectivity index (χ3v) is 7.56. The van der Waals surface area contributed by atoms with Crippen molar-refractivity contribution in [1.82, 2.24) is 0 Å². The Balaban J connectivity index is 1.31. The first kappa shape index (κ1) is 32.9. The van der Waals surface area contributed by atoms with E-state index in [4.69, 9.17) is 25.7 Å². The van der Waals surface area contributed by atoms with Crippen molar-refractivity contribution in [3.8, 4) is 5.75 Å². The Morgan fingerprint density at radius 1 is 0.881 bits per heavy atom. The fourth-order valence-corrected chi connectivity index (χ4v) is 5.17. The number of unbranched alkanes of at least 4 members (excludes halogenated alkanes) is 4. The molecule has 0 radical (unpaired) electrons. The molecule has 9 heteroatoms. The van der Waals surface area contributed by atoms with E-state index in [1.54, 1.807) is 24.3 Å². The van der Waals surface area contributed by atoms with E-state index in [2.05, 4.69) is 6.92 Å². The topological polar surface area (TPSA) is 114 Å². The molecule has 0 aliphatic heterocycles. The summed E-state index contributed by atoms with van der Waals surface area (Å²) in [6.07, 6.45) is 9.27. The van der Waals surface area contributed by atoms with Gasteiger partial charge in [-0.15, -0.1) is 0 Å². The number of ether oxygens (including phenoxy) is 3. The second kappa shape index (κ2) is 16.7. The quantitative estimate of drug-likeness (QED) is 0.0893. The summed E-state index contributed by atoms with van der Waals surface area (Å²) in [4.78, 5) is 24.1. The van der Waals surface area contributed by atoms with Crippen LogP contribution in [-0.4, -0.2) is 31.3 Å². The molecule has 2 aromatic carbocycles. The first-order valence-corrected chi connectivity index (χ1v) is 15.0. The third-order valence-electron chi connectivity index (χ3n) is 7.56. The molecule has 1 saturated carbocycles. The minimum atomic E-state index is -3.21. The van der Waals surface area contributed by atoms with E-state index in [9.17, 15) is 18.4 Å². The predicted octanol–water partition coefficient (Wildman–Crippen LogP) is 7.79. The highest BCUT2D eigenvalue weighted by molar-refractivity contribution is 5.91. The number of carbonyl (C=O) groups excluding carboxylic acids is 2. The van der Waals surface area contributed by atoms with Gasteiger partial charge in [0.2, 0.25) is 0 Å². The molecule has 42 heavy (non-hydrogen) atoms. The Morgan fingerprint density at radius 3 is 2.17 bits per heavy atom. The van der Waals surface area contributed by atoms with Gasteiger partial charge in [-0.05, 0) is 86.4 Å². The van der Waals surface area contributed by atoms with Crippen LogP contribution < -0.4 is 16.2 Å². The van der Waals surface area contributed by atoms with Crippen LogP contribution in [-0.2, 0) is 14.3 Å². The minimum Gasteiger partial charge on any atom is -0.463 e. The maximum atomic E-state index is 14.8. The molecule has 0 unspecified atom stereocenters. The summed E-state index contributed by atoms with van der Waals surface area (Å²) in [5.74, 6) is -1.17. The number of alkyl halides is 2. The van der Waals surface area contributed by atoms with Gasteiger partial charge in [-0.2, -0.15) is 8.78 Å². The lowest BCUT2D eigenvalue weighted by Crippen LogP contribution is -2.37. The molecule has 1 fully saturated rings. The Labute approximate surface area is 247 Å². The zero-order chi connectivity index (χ0) is 30.4. The van der Waals surface area contributed by atoms with Gasteiger partial charge in [0, 0.05) is 17.5 Å². The van der Waals surface area contributed by atoms with Gasteiger partial charge >= 0.3 is 18.0 Å². The van der Waals surface area contributed by atoms with Gasteiger partial charge in [-0.25, -0.2) is 9.59 Å². The number of halogens is 2. The van der Waals surface area contributed by atoms with E-state index in [1.165, 1.54) is 56.0 Å². The number of hydrogen-bond donors (Lipinski definition) is 2. The molecule has 1 aliphatic carbocycles. The molecule has 0 spiro atoms. The summed E-state index contributed by atoms with van der Waals surface area (Å²) in [5, 5.41) is 0. The van der Waals surface area contributed by atoms with E-state index in [-0.39, 0.29) is 24.5 Å². The highest BCUT2D eigenvalue weighted by Crippen LogP contribution is 2.41. The van der Waals surface area contributed by atoms with Gasteiger partial charge in [0.25, 0.3) is 0 Å². The van der Waals surface area contributed by atoms with Gasteiger partial charge in [0.05, 0.1) is 24.7 Å². The SMILES string of the molecule is CCCCCCC1CCC(C(F)(F)Oc2ccc(C=CC(=O)OCCCCOC(=O)c3cc(N)cc(N)c3)cc2)CC1. The summed E-state index contributed by atoms with van der Waals surface area (Å²) >= 11 is 0. The number of nitrogens with two attached hydrogens (primary N) is 2. The van der Waals surface area contributed by atoms with Gasteiger partial charge in [0.15, 0.2) is 0 Å². The predicted molar refractivity (Wildman–Crippen MR) is 161 cm³/mol. The molecule has 0 aromatic heterocycles. The first-order valence-electron chi connectivity index (χ1n) is 15.0. The summed E-state index contributed by atoms with van der Waals surface area (Å²) < 4.78 is 45.1. The summed E-state index contributed by atoms with van der Waals surface area (Å²) in [6, 6.07) is 10.7. The highest BCUT2D eigenvalue weighted by Gasteiger charge is 2.43. The second-order valence-electron chi connectivity index (χ2n) is 11.0. The Morgan fingerprint density at radius 2 is 1.52 bits per heavy atom. The molecule has 4 N–H and O–H groups in total. The van der Waals surface area contributed by atoms with Gasteiger partial charge in [-0.3, -0.25) is 0 Å². The summed E-state index contributed by atoms with van der Waals surface area (Å²) in [5.41, 5.74) is 13.1. The second-order valence-corrected chi connectivity index (χ2v) is 11.0. The molecule has 1 aliphatic rings. The normalized spacial score (nSPS) is 17.2. The number of carbonyl (C=O) groups is 2. The van der Waals surface area contributed by atoms with Gasteiger partial charge in [-0.1, -0.05) is 51.2 Å². The molecule has 0 amide bonds. The standard InChI is InChI=1S/C33H44F2N2O5/c1-2-3-4-5-8-24-9-14-27(15-10-24)33(34,35)42-30-16-11-25(12-17-30)13-18-31(38)40-19-6-7-20-41-32(39)26-21-28(36)23-29(37)22-26/h11-13,16-18,21-24,27H,2-10,14-15,19-20,36-37H2,1H3. The summed E-state index contributed by atoms with van der Waals surface area (Å²) in [6.45, 7) is 2.51. The number of benzene rings is 2. The van der Waals surface area contributed by atoms with Crippen molar-refractivity contribution < 1.29 is 32.6 Å². The van der Waals surface area contributed by atoms with Crippen LogP contribution in [0.3, 0.4) is 0 Å². The third kappa shape index (κ3) is 11.3. The van der Waals surface area contributed by atoms with Crippen molar-refractivity contribution in [2.24, 2.45) is 11.8 Å². The van der Waals surface area contributed by atoms with Crippen LogP contribution in [0.25, 0.3) is 6.08 Å². The van der Waals surface area contributed by atoms with Gasteiger partial charge in [0.1, 0.15) is 5.75 Å². The van der Waals surface area contributed by atoms with Crippen LogP contribution in [0.5, 0.6) is 5.75 Å². The summed E-state index contributed by atoms with van der Waals surface area (Å²) in [7, 11) is 0. The Bertz CT molecular complexity index is 1140. The van der Waals surface area contributed by atoms with Crippen LogP contribution in [0.2, 0.25) is 0 Å². The maximum Gasteiger partial charge on any atom is 0.400 e. The number of rotatable bonds is 16. The largest absolute Gasteiger partial charge is 0.463 e. The van der Waals surface area contributed by atoms with Crippen molar-refractivity contribution in [2.45, 2.75) is 83.7 Å². The lowest BCUT2D eigenvalue weighted by Gasteiger charge is -2.33. The zero-order valence-electron chi connectivity index (χ0n) is 24.5. The number of anilines is 2. The van der Waals surface area contributed by atoms with E-state index < -0.39 is 24.0 Å². The smallest absolute Gasteiger partial charge is 0.400 e. The maximum absolute atomic E-state index is 14.8. The van der Waals surface area contributed by atoms with Crippen LogP contribution in [0.1, 0.15) is 93.5 Å². The fourth-order valence-electron chi connectivity index (χ4n) is 5.17.